The van der Waals surface area contributed by atoms with Crippen molar-refractivity contribution in [2.45, 2.75) is 4.47 Å². The van der Waals surface area contributed by atoms with E-state index in [1.165, 1.54) is 0 Å². The molecule has 34 valence electrons. The first-order valence-electron chi connectivity index (χ1n) is 1.55. The van der Waals surface area contributed by atoms with E-state index in [0.717, 1.165) is 4.47 Å². The van der Waals surface area contributed by atoms with Crippen LogP contribution in [0, 0.1) is 0 Å². The van der Waals surface area contributed by atoms with Crippen molar-refractivity contribution in [1.82, 2.24) is 0 Å². The molecule has 0 radical (unpaired) electrons. The Labute approximate surface area is 51.9 Å². The van der Waals surface area contributed by atoms with Crippen molar-refractivity contribution in [2.24, 2.45) is 0 Å². The summed E-state index contributed by atoms with van der Waals surface area (Å²) in [5, 5.41) is 0.609. The molecule has 0 spiro atoms. The summed E-state index contributed by atoms with van der Waals surface area (Å²) >= 11 is 5.22. The van der Waals surface area contributed by atoms with Crippen LogP contribution in [0.2, 0.25) is 4.47 Å². The quantitative estimate of drug-likeness (QED) is 0.554. The van der Waals surface area contributed by atoms with E-state index in [-0.39, 0.29) is 21.3 Å². The van der Waals surface area contributed by atoms with Crippen molar-refractivity contribution in [3.63, 3.8) is 0 Å². The van der Waals surface area contributed by atoms with Gasteiger partial charge in [0.25, 0.3) is 0 Å². The van der Waals surface area contributed by atoms with Crippen LogP contribution in [0.5, 0.6) is 0 Å². The first-order valence-corrected chi connectivity index (χ1v) is 4.52. The first kappa shape index (κ1) is 4.77. The molecule has 0 amide bonds. The van der Waals surface area contributed by atoms with E-state index in [9.17, 15) is 0 Å². The molecule has 1 rings (SSSR count). The van der Waals surface area contributed by atoms with Crippen LogP contribution in [0.15, 0.2) is 11.3 Å². The number of rotatable bonds is 0. The van der Waals surface area contributed by atoms with Crippen LogP contribution in [0.4, 0.5) is 0 Å². The van der Waals surface area contributed by atoms with Crippen molar-refractivity contribution >= 4 is 32.9 Å². The molecule has 0 saturated carbocycles. The Morgan fingerprint density at radius 3 is 3.00 bits per heavy atom. The van der Waals surface area contributed by atoms with Crippen LogP contribution >= 0.6 is 11.6 Å². The van der Waals surface area contributed by atoms with Gasteiger partial charge in [-0.25, -0.2) is 0 Å². The molecule has 0 aromatic rings. The molecule has 1 aliphatic heterocycles. The van der Waals surface area contributed by atoms with Crippen LogP contribution in [-0.4, -0.2) is 21.3 Å². The van der Waals surface area contributed by atoms with Crippen molar-refractivity contribution in [2.75, 3.05) is 0 Å². The summed E-state index contributed by atoms with van der Waals surface area (Å²) < 4.78 is 6.01. The fraction of sp³-hybridized carbons (Fsp3) is 0.333. The Hall–Kier alpha value is 0.620. The van der Waals surface area contributed by atoms with Crippen LogP contribution < -0.4 is 0 Å². The standard InChI is InChI=1S/C3H3ClOTe/c4-3-1-2-6-5-3/h1H,2H2. The molecule has 0 N–H and O–H groups in total. The zero-order chi connectivity index (χ0) is 4.41. The zero-order valence-corrected chi connectivity index (χ0v) is 6.07. The maximum absolute atomic E-state index is 5.38. The molecule has 0 fully saturated rings. The van der Waals surface area contributed by atoms with Gasteiger partial charge in [-0.05, 0) is 0 Å². The third-order valence-electron chi connectivity index (χ3n) is 0.450. The van der Waals surface area contributed by atoms with Gasteiger partial charge in [0.1, 0.15) is 0 Å². The predicted molar refractivity (Wildman–Crippen MR) is 25.6 cm³/mol. The number of hydrogen-bond acceptors (Lipinski definition) is 1. The summed E-state index contributed by atoms with van der Waals surface area (Å²) in [6.45, 7) is 0. The summed E-state index contributed by atoms with van der Waals surface area (Å²) in [5.74, 6) is 0. The second-order valence-corrected chi connectivity index (χ2v) is 3.35. The zero-order valence-electron chi connectivity index (χ0n) is 2.98. The minimum atomic E-state index is -0.165. The van der Waals surface area contributed by atoms with Gasteiger partial charge in [0.05, 0.1) is 0 Å². The molecule has 0 aromatic heterocycles. The van der Waals surface area contributed by atoms with E-state index in [1.807, 2.05) is 6.08 Å². The summed E-state index contributed by atoms with van der Waals surface area (Å²) in [4.78, 5) is 0. The Morgan fingerprint density at radius 1 is 2.00 bits per heavy atom. The van der Waals surface area contributed by atoms with Crippen molar-refractivity contribution in [3.05, 3.63) is 11.3 Å². The molecular weight excluding hydrogens is 215 g/mol. The van der Waals surface area contributed by atoms with Gasteiger partial charge in [-0.2, -0.15) is 0 Å². The van der Waals surface area contributed by atoms with Crippen molar-refractivity contribution < 1.29 is 3.10 Å². The van der Waals surface area contributed by atoms with Gasteiger partial charge >= 0.3 is 51.8 Å². The molecule has 1 aliphatic rings. The Kier molecular flexibility index (Phi) is 1.64. The van der Waals surface area contributed by atoms with E-state index in [1.54, 1.807) is 0 Å². The molecule has 0 aliphatic carbocycles. The molecule has 1 heterocycles. The molecule has 6 heavy (non-hydrogen) atoms. The third-order valence-corrected chi connectivity index (χ3v) is 2.68. The van der Waals surface area contributed by atoms with Crippen LogP contribution in [0.25, 0.3) is 0 Å². The maximum atomic E-state index is 5.38. The van der Waals surface area contributed by atoms with Crippen LogP contribution in [-0.2, 0) is 3.10 Å². The van der Waals surface area contributed by atoms with Gasteiger partial charge in [-0.3, -0.25) is 0 Å². The van der Waals surface area contributed by atoms with Gasteiger partial charge in [0.15, 0.2) is 0 Å². The van der Waals surface area contributed by atoms with Gasteiger partial charge in [-0.15, -0.1) is 0 Å². The van der Waals surface area contributed by atoms with E-state index in [4.69, 9.17) is 14.7 Å². The van der Waals surface area contributed by atoms with Crippen molar-refractivity contribution in [1.29, 1.82) is 0 Å². The minimum absolute atomic E-state index is 0.165. The predicted octanol–water partition coefficient (Wildman–Crippen LogP) is 1.13. The number of halogens is 1. The number of hydrogen-bond donors (Lipinski definition) is 0. The molecule has 0 bridgehead atoms. The normalized spacial score (nSPS) is 19.8. The Balaban J connectivity index is 2.45. The Morgan fingerprint density at radius 2 is 2.83 bits per heavy atom. The second kappa shape index (κ2) is 2.07. The molecule has 0 aromatic carbocycles. The van der Waals surface area contributed by atoms with E-state index in [2.05, 4.69) is 0 Å². The molecule has 0 atom stereocenters. The summed E-state index contributed by atoms with van der Waals surface area (Å²) in [5.41, 5.74) is 0. The molecule has 0 unspecified atom stereocenters. The molecule has 1 nitrogen and oxygen atoms in total. The second-order valence-electron chi connectivity index (χ2n) is 0.876. The van der Waals surface area contributed by atoms with Crippen LogP contribution in [0.3, 0.4) is 0 Å². The van der Waals surface area contributed by atoms with Crippen molar-refractivity contribution in [3.8, 4) is 0 Å². The Bertz CT molecular complexity index is 80.9. The third kappa shape index (κ3) is 1.04. The van der Waals surface area contributed by atoms with Gasteiger partial charge in [0, 0.05) is 0 Å². The van der Waals surface area contributed by atoms with Gasteiger partial charge in [-0.1, -0.05) is 0 Å². The first-order chi connectivity index (χ1) is 2.89. The van der Waals surface area contributed by atoms with E-state index < -0.39 is 0 Å². The average Bonchev–Trinajstić information content (AvgIpc) is 1.86. The van der Waals surface area contributed by atoms with Crippen LogP contribution in [0.1, 0.15) is 0 Å². The topological polar surface area (TPSA) is 9.23 Å². The molecular formula is C3H3ClOTe. The van der Waals surface area contributed by atoms with Gasteiger partial charge < -0.3 is 0 Å². The number of allylic oxidation sites excluding steroid dienone is 1. The monoisotopic (exact) mass is 220 g/mol. The fourth-order valence-electron chi connectivity index (χ4n) is 0.224. The van der Waals surface area contributed by atoms with E-state index in [0.29, 0.717) is 5.22 Å². The summed E-state index contributed by atoms with van der Waals surface area (Å²) in [6, 6.07) is 0. The molecule has 3 heteroatoms. The SMILES string of the molecule is ClC1=CC[Te]O1. The fourth-order valence-corrected chi connectivity index (χ4v) is 2.22. The van der Waals surface area contributed by atoms with E-state index >= 15 is 0 Å². The summed E-state index contributed by atoms with van der Waals surface area (Å²) in [7, 11) is 0. The molecule has 0 saturated heterocycles. The average molecular weight is 218 g/mol. The summed E-state index contributed by atoms with van der Waals surface area (Å²) in [6.07, 6.45) is 1.92. The van der Waals surface area contributed by atoms with Gasteiger partial charge in [0.2, 0.25) is 0 Å².